The van der Waals surface area contributed by atoms with Crippen LogP contribution in [-0.4, -0.2) is 47.1 Å². The fraction of sp³-hybridized carbons (Fsp3) is 0.400. The second kappa shape index (κ2) is 7.44. The van der Waals surface area contributed by atoms with Crippen LogP contribution in [0.2, 0.25) is 0 Å². The van der Waals surface area contributed by atoms with Gasteiger partial charge < -0.3 is 20.1 Å². The van der Waals surface area contributed by atoms with Gasteiger partial charge in [-0.3, -0.25) is 4.79 Å². The molecule has 0 spiro atoms. The number of carboxylic acids is 1. The third-order valence-corrected chi connectivity index (χ3v) is 3.38. The van der Waals surface area contributed by atoms with Crippen molar-refractivity contribution in [2.24, 2.45) is 0 Å². The Hall–Kier alpha value is -2.57. The van der Waals surface area contributed by atoms with E-state index < -0.39 is 18.1 Å². The Morgan fingerprint density at radius 3 is 2.64 bits per heavy atom. The number of carbonyl (C=O) groups excluding carboxylic acids is 2. The fourth-order valence-corrected chi connectivity index (χ4v) is 2.21. The molecule has 0 aromatic heterocycles. The predicted molar refractivity (Wildman–Crippen MR) is 77.0 cm³/mol. The van der Waals surface area contributed by atoms with Gasteiger partial charge in [-0.1, -0.05) is 30.3 Å². The Morgan fingerprint density at radius 2 is 2.05 bits per heavy atom. The van der Waals surface area contributed by atoms with Gasteiger partial charge in [-0.2, -0.15) is 0 Å². The summed E-state index contributed by atoms with van der Waals surface area (Å²) >= 11 is 0. The second-order valence-corrected chi connectivity index (χ2v) is 5.04. The average molecular weight is 306 g/mol. The normalized spacial score (nSPS) is 15.5. The van der Waals surface area contributed by atoms with E-state index in [1.165, 1.54) is 4.90 Å². The lowest BCUT2D eigenvalue weighted by molar-refractivity contribution is -0.140. The smallest absolute Gasteiger partial charge is 0.408 e. The van der Waals surface area contributed by atoms with Crippen molar-refractivity contribution in [2.75, 3.05) is 13.1 Å². The molecule has 0 bridgehead atoms. The van der Waals surface area contributed by atoms with Crippen molar-refractivity contribution in [3.8, 4) is 0 Å². The van der Waals surface area contributed by atoms with E-state index in [2.05, 4.69) is 5.32 Å². The lowest BCUT2D eigenvalue weighted by atomic mass is 10.2. The minimum atomic E-state index is -1.20. The summed E-state index contributed by atoms with van der Waals surface area (Å²) in [6, 6.07) is 7.89. The summed E-state index contributed by atoms with van der Waals surface area (Å²) < 4.78 is 4.98. The number of amides is 2. The second-order valence-electron chi connectivity index (χ2n) is 5.04. The van der Waals surface area contributed by atoms with E-state index in [4.69, 9.17) is 9.84 Å². The highest BCUT2D eigenvalue weighted by molar-refractivity contribution is 5.82. The van der Waals surface area contributed by atoms with Crippen molar-refractivity contribution >= 4 is 18.0 Å². The molecular weight excluding hydrogens is 288 g/mol. The number of carboxylic acid groups (broad SMARTS) is 1. The van der Waals surface area contributed by atoms with Crippen LogP contribution in [0.5, 0.6) is 0 Å². The lowest BCUT2D eigenvalue weighted by Gasteiger charge is -2.21. The van der Waals surface area contributed by atoms with Crippen LogP contribution < -0.4 is 5.32 Å². The van der Waals surface area contributed by atoms with E-state index >= 15 is 0 Å². The van der Waals surface area contributed by atoms with Crippen LogP contribution in [0.4, 0.5) is 4.79 Å². The zero-order valence-electron chi connectivity index (χ0n) is 12.0. The molecule has 7 heteroatoms. The van der Waals surface area contributed by atoms with Gasteiger partial charge in [0, 0.05) is 13.0 Å². The van der Waals surface area contributed by atoms with Gasteiger partial charge in [-0.05, 0) is 12.0 Å². The Balaban J connectivity index is 1.83. The van der Waals surface area contributed by atoms with Crippen molar-refractivity contribution in [3.63, 3.8) is 0 Å². The number of ether oxygens (including phenoxy) is 1. The van der Waals surface area contributed by atoms with Gasteiger partial charge in [-0.15, -0.1) is 0 Å². The number of nitrogens with one attached hydrogen (secondary N) is 1. The molecule has 2 amide bonds. The minimum Gasteiger partial charge on any atom is -0.480 e. The minimum absolute atomic E-state index is 0.0470. The van der Waals surface area contributed by atoms with Gasteiger partial charge in [0.1, 0.15) is 12.6 Å². The van der Waals surface area contributed by atoms with Crippen LogP contribution in [0.3, 0.4) is 0 Å². The first-order valence-corrected chi connectivity index (χ1v) is 7.04. The van der Waals surface area contributed by atoms with Gasteiger partial charge in [0.25, 0.3) is 0 Å². The Labute approximate surface area is 127 Å². The number of hydrogen-bond acceptors (Lipinski definition) is 4. The number of likely N-dealkylation sites (tertiary alicyclic amines) is 1. The van der Waals surface area contributed by atoms with Gasteiger partial charge in [0.05, 0.1) is 6.54 Å². The van der Waals surface area contributed by atoms with Crippen LogP contribution >= 0.6 is 0 Å². The van der Waals surface area contributed by atoms with E-state index in [9.17, 15) is 14.4 Å². The Kier molecular flexibility index (Phi) is 5.35. The molecule has 2 N–H and O–H groups in total. The molecule has 0 aliphatic carbocycles. The summed E-state index contributed by atoms with van der Waals surface area (Å²) in [6.07, 6.45) is 0.317. The third kappa shape index (κ3) is 4.47. The quantitative estimate of drug-likeness (QED) is 0.817. The van der Waals surface area contributed by atoms with Crippen molar-refractivity contribution in [3.05, 3.63) is 35.9 Å². The highest BCUT2D eigenvalue weighted by Gasteiger charge is 2.28. The third-order valence-electron chi connectivity index (χ3n) is 3.38. The average Bonchev–Trinajstić information content (AvgIpc) is 2.91. The maximum absolute atomic E-state index is 11.7. The van der Waals surface area contributed by atoms with Crippen LogP contribution in [-0.2, 0) is 20.9 Å². The molecule has 2 rings (SSSR count). The van der Waals surface area contributed by atoms with Crippen molar-refractivity contribution in [1.82, 2.24) is 10.2 Å². The number of carbonyl (C=O) groups is 3. The van der Waals surface area contributed by atoms with Crippen molar-refractivity contribution in [2.45, 2.75) is 25.5 Å². The lowest BCUT2D eigenvalue weighted by Crippen LogP contribution is -2.48. The van der Waals surface area contributed by atoms with Crippen LogP contribution in [0.25, 0.3) is 0 Å². The monoisotopic (exact) mass is 306 g/mol. The van der Waals surface area contributed by atoms with E-state index in [1.54, 1.807) is 12.1 Å². The van der Waals surface area contributed by atoms with Crippen LogP contribution in [0, 0.1) is 0 Å². The maximum Gasteiger partial charge on any atom is 0.408 e. The zero-order valence-corrected chi connectivity index (χ0v) is 12.0. The van der Waals surface area contributed by atoms with E-state index in [1.807, 2.05) is 18.2 Å². The molecular formula is C15H18N2O5. The number of nitrogens with zero attached hydrogens (tertiary/aromatic N) is 1. The molecule has 1 atom stereocenters. The molecule has 7 nitrogen and oxygen atoms in total. The number of alkyl carbamates (subject to hydrolysis) is 1. The summed E-state index contributed by atoms with van der Waals surface area (Å²) in [6.45, 7) is 0.527. The molecule has 0 saturated carbocycles. The van der Waals surface area contributed by atoms with Crippen molar-refractivity contribution < 1.29 is 24.2 Å². The van der Waals surface area contributed by atoms with E-state index in [-0.39, 0.29) is 19.1 Å². The first kappa shape index (κ1) is 15.8. The molecule has 1 heterocycles. The number of rotatable bonds is 6. The first-order chi connectivity index (χ1) is 10.6. The van der Waals surface area contributed by atoms with Crippen molar-refractivity contribution in [1.29, 1.82) is 0 Å². The van der Waals surface area contributed by atoms with Gasteiger partial charge >= 0.3 is 12.1 Å². The highest BCUT2D eigenvalue weighted by atomic mass is 16.5. The summed E-state index contributed by atoms with van der Waals surface area (Å²) in [5, 5.41) is 11.4. The molecule has 1 aromatic rings. The number of aliphatic carboxylic acids is 1. The summed E-state index contributed by atoms with van der Waals surface area (Å²) in [5.41, 5.74) is 0.805. The summed E-state index contributed by atoms with van der Waals surface area (Å²) in [4.78, 5) is 35.8. The fourth-order valence-electron chi connectivity index (χ4n) is 2.21. The molecule has 0 unspecified atom stereocenters. The summed E-state index contributed by atoms with van der Waals surface area (Å²) in [5.74, 6) is -1.29. The van der Waals surface area contributed by atoms with Gasteiger partial charge in [0.15, 0.2) is 0 Å². The Morgan fingerprint density at radius 1 is 1.32 bits per heavy atom. The molecule has 1 aromatic carbocycles. The standard InChI is InChI=1S/C15H18N2O5/c18-13-7-4-8-17(13)9-12(14(19)20)16-15(21)22-10-11-5-2-1-3-6-11/h1-3,5-6,12H,4,7-10H2,(H,16,21)(H,19,20)/t12-/m0/s1. The molecule has 22 heavy (non-hydrogen) atoms. The number of benzene rings is 1. The highest BCUT2D eigenvalue weighted by Crippen LogP contribution is 2.10. The SMILES string of the molecule is O=C(N[C@@H](CN1CCCC1=O)C(=O)O)OCc1ccccc1. The first-order valence-electron chi connectivity index (χ1n) is 7.04. The van der Waals surface area contributed by atoms with E-state index in [0.717, 1.165) is 5.56 Å². The molecule has 1 fully saturated rings. The molecule has 0 radical (unpaired) electrons. The van der Waals surface area contributed by atoms with Crippen LogP contribution in [0.15, 0.2) is 30.3 Å². The molecule has 118 valence electrons. The molecule has 1 saturated heterocycles. The topological polar surface area (TPSA) is 95.9 Å². The van der Waals surface area contributed by atoms with Gasteiger partial charge in [-0.25, -0.2) is 9.59 Å². The van der Waals surface area contributed by atoms with Crippen LogP contribution in [0.1, 0.15) is 18.4 Å². The summed E-state index contributed by atoms with van der Waals surface area (Å²) in [7, 11) is 0. The van der Waals surface area contributed by atoms with Gasteiger partial charge in [0.2, 0.25) is 5.91 Å². The maximum atomic E-state index is 11.7. The predicted octanol–water partition coefficient (Wildman–Crippen LogP) is 0.988. The largest absolute Gasteiger partial charge is 0.480 e. The zero-order chi connectivity index (χ0) is 15.9. The molecule has 1 aliphatic rings. The Bertz CT molecular complexity index is 546. The molecule has 1 aliphatic heterocycles. The van der Waals surface area contributed by atoms with E-state index in [0.29, 0.717) is 19.4 Å². The number of hydrogen-bond donors (Lipinski definition) is 2.